The molecule has 0 saturated carbocycles. The quantitative estimate of drug-likeness (QED) is 0.660. The van der Waals surface area contributed by atoms with E-state index < -0.39 is 0 Å². The molecule has 0 aliphatic carbocycles. The summed E-state index contributed by atoms with van der Waals surface area (Å²) in [6, 6.07) is 11.8. The molecular formula is C17H19BrClNO. The lowest BCUT2D eigenvalue weighted by molar-refractivity contribution is 0.469. The number of hydrogen-bond donors (Lipinski definition) is 1. The average molecular weight is 369 g/mol. The fourth-order valence-electron chi connectivity index (χ4n) is 2.04. The van der Waals surface area contributed by atoms with Gasteiger partial charge in [0.2, 0.25) is 0 Å². The third-order valence-electron chi connectivity index (χ3n) is 3.14. The van der Waals surface area contributed by atoms with Gasteiger partial charge < -0.3 is 10.1 Å². The second kappa shape index (κ2) is 7.83. The summed E-state index contributed by atoms with van der Waals surface area (Å²) in [4.78, 5) is 0. The molecule has 0 spiro atoms. The van der Waals surface area contributed by atoms with Gasteiger partial charge in [0, 0.05) is 16.6 Å². The molecule has 0 heterocycles. The van der Waals surface area contributed by atoms with Gasteiger partial charge in [-0.3, -0.25) is 0 Å². The summed E-state index contributed by atoms with van der Waals surface area (Å²) in [6.45, 7) is 5.89. The maximum atomic E-state index is 6.31. The van der Waals surface area contributed by atoms with Gasteiger partial charge >= 0.3 is 0 Å². The van der Waals surface area contributed by atoms with Gasteiger partial charge in [-0.25, -0.2) is 0 Å². The van der Waals surface area contributed by atoms with Gasteiger partial charge in [-0.2, -0.15) is 0 Å². The molecule has 0 fully saturated rings. The molecule has 21 heavy (non-hydrogen) atoms. The molecule has 4 heteroatoms. The summed E-state index contributed by atoms with van der Waals surface area (Å²) in [5.74, 6) is 1.55. The zero-order valence-electron chi connectivity index (χ0n) is 12.2. The third kappa shape index (κ3) is 4.47. The van der Waals surface area contributed by atoms with E-state index in [9.17, 15) is 0 Å². The smallest absolute Gasteiger partial charge is 0.150 e. The first kappa shape index (κ1) is 16.3. The van der Waals surface area contributed by atoms with Crippen molar-refractivity contribution in [2.24, 2.45) is 0 Å². The van der Waals surface area contributed by atoms with Crippen molar-refractivity contribution in [3.63, 3.8) is 0 Å². The van der Waals surface area contributed by atoms with Crippen molar-refractivity contribution < 1.29 is 4.74 Å². The Kier molecular flexibility index (Phi) is 6.09. The van der Waals surface area contributed by atoms with Crippen molar-refractivity contribution in [2.45, 2.75) is 26.8 Å². The monoisotopic (exact) mass is 367 g/mol. The molecule has 0 radical (unpaired) electrons. The Bertz CT molecular complexity index is 616. The van der Waals surface area contributed by atoms with Crippen LogP contribution >= 0.6 is 27.5 Å². The van der Waals surface area contributed by atoms with Crippen molar-refractivity contribution in [3.8, 4) is 11.5 Å². The second-order valence-electron chi connectivity index (χ2n) is 4.92. The molecule has 0 unspecified atom stereocenters. The fraction of sp³-hybridized carbons (Fsp3) is 0.294. The van der Waals surface area contributed by atoms with Crippen LogP contribution in [0.3, 0.4) is 0 Å². The van der Waals surface area contributed by atoms with Gasteiger partial charge in [-0.05, 0) is 49.7 Å². The molecule has 0 aliphatic rings. The van der Waals surface area contributed by atoms with Crippen LogP contribution in [0.2, 0.25) is 5.02 Å². The van der Waals surface area contributed by atoms with Crippen molar-refractivity contribution in [1.82, 2.24) is 5.32 Å². The highest BCUT2D eigenvalue weighted by atomic mass is 79.9. The van der Waals surface area contributed by atoms with Crippen molar-refractivity contribution in [3.05, 3.63) is 57.0 Å². The van der Waals surface area contributed by atoms with Crippen LogP contribution in [0.15, 0.2) is 40.9 Å². The standard InChI is InChI=1S/C17H19BrClNO/c1-3-9-20-11-13-5-4-6-15(19)17(13)21-16-8-7-14(18)10-12(16)2/h4-8,10,20H,3,9,11H2,1-2H3. The van der Waals surface area contributed by atoms with Gasteiger partial charge in [-0.15, -0.1) is 0 Å². The molecule has 0 aliphatic heterocycles. The normalized spacial score (nSPS) is 10.7. The van der Waals surface area contributed by atoms with E-state index in [2.05, 4.69) is 28.2 Å². The van der Waals surface area contributed by atoms with E-state index in [-0.39, 0.29) is 0 Å². The number of benzene rings is 2. The van der Waals surface area contributed by atoms with Crippen LogP contribution in [0.5, 0.6) is 11.5 Å². The van der Waals surface area contributed by atoms with Gasteiger partial charge in [0.15, 0.2) is 5.75 Å². The Morgan fingerprint density at radius 2 is 2.05 bits per heavy atom. The van der Waals surface area contributed by atoms with E-state index in [0.717, 1.165) is 46.6 Å². The van der Waals surface area contributed by atoms with Crippen LogP contribution in [0, 0.1) is 6.92 Å². The summed E-state index contributed by atoms with van der Waals surface area (Å²) in [7, 11) is 0. The van der Waals surface area contributed by atoms with Crippen molar-refractivity contribution in [2.75, 3.05) is 6.54 Å². The van der Waals surface area contributed by atoms with Crippen molar-refractivity contribution >= 4 is 27.5 Å². The molecule has 0 aromatic heterocycles. The van der Waals surface area contributed by atoms with Crippen LogP contribution < -0.4 is 10.1 Å². The number of ether oxygens (including phenoxy) is 1. The molecule has 0 atom stereocenters. The summed E-state index contributed by atoms with van der Waals surface area (Å²) in [5, 5.41) is 4.01. The molecule has 0 bridgehead atoms. The van der Waals surface area contributed by atoms with Crippen LogP contribution in [0.4, 0.5) is 0 Å². The van der Waals surface area contributed by atoms with E-state index in [0.29, 0.717) is 5.02 Å². The summed E-state index contributed by atoms with van der Waals surface area (Å²) in [6.07, 6.45) is 1.10. The highest BCUT2D eigenvalue weighted by molar-refractivity contribution is 9.10. The van der Waals surface area contributed by atoms with Gasteiger partial charge in [0.25, 0.3) is 0 Å². The zero-order chi connectivity index (χ0) is 15.2. The molecule has 2 nitrogen and oxygen atoms in total. The lowest BCUT2D eigenvalue weighted by atomic mass is 10.2. The highest BCUT2D eigenvalue weighted by Gasteiger charge is 2.11. The summed E-state index contributed by atoms with van der Waals surface area (Å²) < 4.78 is 7.10. The second-order valence-corrected chi connectivity index (χ2v) is 6.24. The predicted octanol–water partition coefficient (Wildman–Crippen LogP) is 5.70. The van der Waals surface area contributed by atoms with E-state index in [1.807, 2.05) is 43.3 Å². The molecule has 2 aromatic rings. The Balaban J connectivity index is 2.25. The Hall–Kier alpha value is -1.03. The van der Waals surface area contributed by atoms with Crippen LogP contribution in [-0.4, -0.2) is 6.54 Å². The third-order valence-corrected chi connectivity index (χ3v) is 3.93. The largest absolute Gasteiger partial charge is 0.455 e. The zero-order valence-corrected chi connectivity index (χ0v) is 14.6. The van der Waals surface area contributed by atoms with Crippen LogP contribution in [0.1, 0.15) is 24.5 Å². The lowest BCUT2D eigenvalue weighted by Crippen LogP contribution is -2.14. The minimum Gasteiger partial charge on any atom is -0.455 e. The van der Waals surface area contributed by atoms with Gasteiger partial charge in [-0.1, -0.05) is 46.6 Å². The Morgan fingerprint density at radius 1 is 1.24 bits per heavy atom. The minimum atomic E-state index is 0.633. The Morgan fingerprint density at radius 3 is 2.76 bits per heavy atom. The number of para-hydroxylation sites is 1. The van der Waals surface area contributed by atoms with E-state index in [1.165, 1.54) is 0 Å². The molecule has 0 amide bonds. The molecule has 2 aromatic carbocycles. The fourth-order valence-corrected chi connectivity index (χ4v) is 2.75. The van der Waals surface area contributed by atoms with Gasteiger partial charge in [0.05, 0.1) is 5.02 Å². The Labute approximate surface area is 139 Å². The molecular weight excluding hydrogens is 350 g/mol. The maximum absolute atomic E-state index is 6.31. The number of nitrogens with one attached hydrogen (secondary N) is 1. The maximum Gasteiger partial charge on any atom is 0.150 e. The summed E-state index contributed by atoms with van der Waals surface area (Å²) in [5.41, 5.74) is 2.13. The number of rotatable bonds is 6. The highest BCUT2D eigenvalue weighted by Crippen LogP contribution is 2.35. The molecule has 112 valence electrons. The average Bonchev–Trinajstić information content (AvgIpc) is 2.45. The van der Waals surface area contributed by atoms with Gasteiger partial charge in [0.1, 0.15) is 5.75 Å². The first-order chi connectivity index (χ1) is 10.1. The van der Waals surface area contributed by atoms with E-state index in [1.54, 1.807) is 0 Å². The van der Waals surface area contributed by atoms with Crippen molar-refractivity contribution in [1.29, 1.82) is 0 Å². The molecule has 1 N–H and O–H groups in total. The van der Waals surface area contributed by atoms with Crippen LogP contribution in [0.25, 0.3) is 0 Å². The summed E-state index contributed by atoms with van der Waals surface area (Å²) >= 11 is 9.77. The number of aryl methyl sites for hydroxylation is 1. The first-order valence-electron chi connectivity index (χ1n) is 7.04. The number of hydrogen-bond acceptors (Lipinski definition) is 2. The lowest BCUT2D eigenvalue weighted by Gasteiger charge is -2.15. The molecule has 0 saturated heterocycles. The van der Waals surface area contributed by atoms with Crippen LogP contribution in [-0.2, 0) is 6.54 Å². The minimum absolute atomic E-state index is 0.633. The molecule has 2 rings (SSSR count). The topological polar surface area (TPSA) is 21.3 Å². The first-order valence-corrected chi connectivity index (χ1v) is 8.21. The van der Waals surface area contributed by atoms with E-state index in [4.69, 9.17) is 16.3 Å². The predicted molar refractivity (Wildman–Crippen MR) is 92.4 cm³/mol. The van der Waals surface area contributed by atoms with E-state index >= 15 is 0 Å². The number of halogens is 2. The SMILES string of the molecule is CCCNCc1cccc(Cl)c1Oc1ccc(Br)cc1C.